The fraction of sp³-hybridized carbons (Fsp3) is 0.714. The van der Waals surface area contributed by atoms with Gasteiger partial charge in [-0.05, 0) is 13.0 Å². The summed E-state index contributed by atoms with van der Waals surface area (Å²) in [4.78, 5) is 0. The molecule has 0 amide bonds. The molecule has 0 saturated carbocycles. The molecule has 0 aliphatic heterocycles. The summed E-state index contributed by atoms with van der Waals surface area (Å²) in [7, 11) is 0. The van der Waals surface area contributed by atoms with E-state index < -0.39 is 18.6 Å². The maximum Gasteiger partial charge on any atom is 0.271 e. The Labute approximate surface area is 69.8 Å². The molecule has 0 heterocycles. The third kappa shape index (κ3) is 3.15. The van der Waals surface area contributed by atoms with Crippen LogP contribution in [0.1, 0.15) is 6.92 Å². The standard InChI is InChI=1S/C7H13F2NO2/c1-2-12-4-3-7(11,5-10)6(8)9/h3-4,6,11H,2,5,10H2,1H3/b4-3+/t7-/m0/s1. The van der Waals surface area contributed by atoms with Crippen LogP contribution in [-0.2, 0) is 4.74 Å². The quantitative estimate of drug-likeness (QED) is 0.607. The normalized spacial score (nSPS) is 16.8. The van der Waals surface area contributed by atoms with Crippen molar-refractivity contribution in [2.24, 2.45) is 5.73 Å². The molecular formula is C7H13F2NO2. The van der Waals surface area contributed by atoms with Crippen LogP contribution in [0.25, 0.3) is 0 Å². The van der Waals surface area contributed by atoms with Crippen molar-refractivity contribution in [2.75, 3.05) is 13.2 Å². The Morgan fingerprint density at radius 2 is 2.25 bits per heavy atom. The molecular weight excluding hydrogens is 168 g/mol. The van der Waals surface area contributed by atoms with Crippen LogP contribution in [-0.4, -0.2) is 30.3 Å². The summed E-state index contributed by atoms with van der Waals surface area (Å²) in [6.07, 6.45) is -1.01. The SMILES string of the molecule is CCO/C=C/[C@](O)(CN)C(F)F. The average Bonchev–Trinajstić information content (AvgIpc) is 2.04. The Morgan fingerprint density at radius 1 is 1.67 bits per heavy atom. The molecule has 3 N–H and O–H groups in total. The Hall–Kier alpha value is -0.680. The second-order valence-corrected chi connectivity index (χ2v) is 2.25. The Bertz CT molecular complexity index is 152. The van der Waals surface area contributed by atoms with Gasteiger partial charge in [-0.2, -0.15) is 0 Å². The first-order valence-corrected chi connectivity index (χ1v) is 3.56. The number of rotatable bonds is 5. The third-order valence-corrected chi connectivity index (χ3v) is 1.32. The first kappa shape index (κ1) is 11.3. The predicted molar refractivity (Wildman–Crippen MR) is 40.8 cm³/mol. The van der Waals surface area contributed by atoms with Crippen molar-refractivity contribution < 1.29 is 18.6 Å². The van der Waals surface area contributed by atoms with Crippen LogP contribution in [0, 0.1) is 0 Å². The van der Waals surface area contributed by atoms with E-state index in [9.17, 15) is 8.78 Å². The zero-order valence-electron chi connectivity index (χ0n) is 6.84. The largest absolute Gasteiger partial charge is 0.502 e. The van der Waals surface area contributed by atoms with Gasteiger partial charge in [0.25, 0.3) is 6.43 Å². The highest BCUT2D eigenvalue weighted by Gasteiger charge is 2.33. The van der Waals surface area contributed by atoms with E-state index in [0.717, 1.165) is 12.3 Å². The molecule has 1 atom stereocenters. The summed E-state index contributed by atoms with van der Waals surface area (Å²) < 4.78 is 28.8. The van der Waals surface area contributed by atoms with Crippen LogP contribution in [0.15, 0.2) is 12.3 Å². The average molecular weight is 181 g/mol. The van der Waals surface area contributed by atoms with Crippen molar-refractivity contribution in [3.8, 4) is 0 Å². The van der Waals surface area contributed by atoms with Gasteiger partial charge in [0.05, 0.1) is 12.9 Å². The third-order valence-electron chi connectivity index (χ3n) is 1.32. The lowest BCUT2D eigenvalue weighted by Crippen LogP contribution is -2.42. The topological polar surface area (TPSA) is 55.5 Å². The van der Waals surface area contributed by atoms with Crippen molar-refractivity contribution in [1.29, 1.82) is 0 Å². The van der Waals surface area contributed by atoms with Gasteiger partial charge >= 0.3 is 0 Å². The molecule has 0 aromatic heterocycles. The molecule has 0 spiro atoms. The number of nitrogens with two attached hydrogens (primary N) is 1. The molecule has 0 saturated heterocycles. The molecule has 0 aromatic rings. The summed E-state index contributed by atoms with van der Waals surface area (Å²) in [5, 5.41) is 9.08. The molecule has 3 nitrogen and oxygen atoms in total. The van der Waals surface area contributed by atoms with E-state index in [0.29, 0.717) is 6.61 Å². The molecule has 0 radical (unpaired) electrons. The molecule has 0 fully saturated rings. The number of hydrogen-bond acceptors (Lipinski definition) is 3. The van der Waals surface area contributed by atoms with E-state index in [1.165, 1.54) is 0 Å². The minimum absolute atomic E-state index is 0.361. The van der Waals surface area contributed by atoms with Gasteiger partial charge in [-0.15, -0.1) is 0 Å². The fourth-order valence-electron chi connectivity index (χ4n) is 0.492. The minimum Gasteiger partial charge on any atom is -0.502 e. The number of alkyl halides is 2. The van der Waals surface area contributed by atoms with Crippen molar-refractivity contribution in [3.05, 3.63) is 12.3 Å². The smallest absolute Gasteiger partial charge is 0.271 e. The van der Waals surface area contributed by atoms with Crippen molar-refractivity contribution in [1.82, 2.24) is 0 Å². The van der Waals surface area contributed by atoms with Crippen molar-refractivity contribution in [3.63, 3.8) is 0 Å². The van der Waals surface area contributed by atoms with Crippen LogP contribution >= 0.6 is 0 Å². The zero-order chi connectivity index (χ0) is 9.61. The molecule has 0 bridgehead atoms. The zero-order valence-corrected chi connectivity index (χ0v) is 6.84. The summed E-state index contributed by atoms with van der Waals surface area (Å²) in [5.74, 6) is 0. The summed E-state index contributed by atoms with van der Waals surface area (Å²) in [6, 6.07) is 0. The highest BCUT2D eigenvalue weighted by Crippen LogP contribution is 2.15. The van der Waals surface area contributed by atoms with Gasteiger partial charge in [-0.25, -0.2) is 8.78 Å². The van der Waals surface area contributed by atoms with Gasteiger partial charge in [0.2, 0.25) is 0 Å². The van der Waals surface area contributed by atoms with Gasteiger partial charge in [-0.3, -0.25) is 0 Å². The lowest BCUT2D eigenvalue weighted by Gasteiger charge is -2.20. The first-order valence-electron chi connectivity index (χ1n) is 3.56. The molecule has 0 aliphatic carbocycles. The van der Waals surface area contributed by atoms with Gasteiger partial charge in [0.1, 0.15) is 0 Å². The van der Waals surface area contributed by atoms with Crippen LogP contribution in [0.2, 0.25) is 0 Å². The first-order chi connectivity index (χ1) is 5.56. The molecule has 0 aliphatic rings. The Balaban J connectivity index is 4.13. The van der Waals surface area contributed by atoms with Gasteiger partial charge in [-0.1, -0.05) is 0 Å². The minimum atomic E-state index is -2.90. The van der Waals surface area contributed by atoms with Crippen LogP contribution in [0.4, 0.5) is 8.78 Å². The van der Waals surface area contributed by atoms with Gasteiger partial charge < -0.3 is 15.6 Å². The van der Waals surface area contributed by atoms with E-state index in [-0.39, 0.29) is 0 Å². The maximum atomic E-state index is 12.1. The van der Waals surface area contributed by atoms with Gasteiger partial charge in [0.15, 0.2) is 5.60 Å². The monoisotopic (exact) mass is 181 g/mol. The van der Waals surface area contributed by atoms with Crippen molar-refractivity contribution >= 4 is 0 Å². The number of hydrogen-bond donors (Lipinski definition) is 2. The molecule has 0 aromatic carbocycles. The van der Waals surface area contributed by atoms with Crippen LogP contribution in [0.5, 0.6) is 0 Å². The van der Waals surface area contributed by atoms with E-state index in [1.54, 1.807) is 6.92 Å². The number of ether oxygens (including phenoxy) is 1. The van der Waals surface area contributed by atoms with E-state index >= 15 is 0 Å². The maximum absolute atomic E-state index is 12.1. The van der Waals surface area contributed by atoms with Crippen molar-refractivity contribution in [2.45, 2.75) is 19.0 Å². The summed E-state index contributed by atoms with van der Waals surface area (Å²) in [6.45, 7) is 1.53. The predicted octanol–water partition coefficient (Wildman–Crippen LogP) is 0.492. The lowest BCUT2D eigenvalue weighted by atomic mass is 10.1. The van der Waals surface area contributed by atoms with E-state index in [4.69, 9.17) is 10.8 Å². The van der Waals surface area contributed by atoms with Gasteiger partial charge in [0, 0.05) is 6.54 Å². The second kappa shape index (κ2) is 5.05. The lowest BCUT2D eigenvalue weighted by molar-refractivity contribution is -0.0562. The molecule has 5 heteroatoms. The number of halogens is 2. The fourth-order valence-corrected chi connectivity index (χ4v) is 0.492. The summed E-state index contributed by atoms with van der Waals surface area (Å²) in [5.41, 5.74) is 2.68. The van der Waals surface area contributed by atoms with E-state index in [1.807, 2.05) is 0 Å². The Morgan fingerprint density at radius 3 is 2.58 bits per heavy atom. The number of aliphatic hydroxyl groups is 1. The van der Waals surface area contributed by atoms with Crippen LogP contribution < -0.4 is 5.73 Å². The molecule has 0 unspecified atom stereocenters. The molecule has 12 heavy (non-hydrogen) atoms. The Kier molecular flexibility index (Phi) is 4.77. The van der Waals surface area contributed by atoms with E-state index in [2.05, 4.69) is 4.74 Å². The molecule has 72 valence electrons. The highest BCUT2D eigenvalue weighted by atomic mass is 19.3. The highest BCUT2D eigenvalue weighted by molar-refractivity contribution is 5.01. The second-order valence-electron chi connectivity index (χ2n) is 2.25. The summed E-state index contributed by atoms with van der Waals surface area (Å²) >= 11 is 0. The van der Waals surface area contributed by atoms with Crippen LogP contribution in [0.3, 0.4) is 0 Å². The molecule has 0 rings (SSSR count).